The summed E-state index contributed by atoms with van der Waals surface area (Å²) in [5.41, 5.74) is 1.36. The zero-order valence-corrected chi connectivity index (χ0v) is 19.2. The standard InChI is InChI=1S/C24H23F3N2O4S/c1-15-20(28-22(33-15)17-4-6-18(7-5-17)24(25,26)27)12-32-19-8-2-16(3-9-19)10-11-29-14-34-13-21(29)23(30)31/h2-9,21H,10-14H2,1H3,(H,30,31). The third-order valence-corrected chi connectivity index (χ3v) is 6.66. The second-order valence-electron chi connectivity index (χ2n) is 7.95. The van der Waals surface area contributed by atoms with Gasteiger partial charge in [-0.25, -0.2) is 4.98 Å². The van der Waals surface area contributed by atoms with Crippen LogP contribution in [0.1, 0.15) is 22.6 Å². The number of oxazole rings is 1. The summed E-state index contributed by atoms with van der Waals surface area (Å²) in [4.78, 5) is 17.6. The Bertz CT molecular complexity index is 1130. The van der Waals surface area contributed by atoms with Gasteiger partial charge in [0, 0.05) is 23.7 Å². The summed E-state index contributed by atoms with van der Waals surface area (Å²) in [6.07, 6.45) is -3.66. The Balaban J connectivity index is 1.32. The average Bonchev–Trinajstić information content (AvgIpc) is 3.43. The van der Waals surface area contributed by atoms with Gasteiger partial charge in [0.1, 0.15) is 29.9 Å². The minimum atomic E-state index is -4.40. The number of aliphatic carboxylic acids is 1. The lowest BCUT2D eigenvalue weighted by atomic mass is 10.1. The topological polar surface area (TPSA) is 75.8 Å². The minimum absolute atomic E-state index is 0.153. The molecular formula is C24H23F3N2O4S. The summed E-state index contributed by atoms with van der Waals surface area (Å²) >= 11 is 1.63. The van der Waals surface area contributed by atoms with Crippen LogP contribution in [0.4, 0.5) is 13.2 Å². The van der Waals surface area contributed by atoms with Crippen molar-refractivity contribution in [1.29, 1.82) is 0 Å². The molecule has 0 bridgehead atoms. The Morgan fingerprint density at radius 1 is 1.21 bits per heavy atom. The van der Waals surface area contributed by atoms with E-state index in [2.05, 4.69) is 4.98 Å². The Kier molecular flexibility index (Phi) is 7.18. The number of nitrogens with zero attached hydrogens (tertiary/aromatic N) is 2. The summed E-state index contributed by atoms with van der Waals surface area (Å²) < 4.78 is 49.7. The molecule has 2 aromatic carbocycles. The summed E-state index contributed by atoms with van der Waals surface area (Å²) in [5, 5.41) is 9.27. The first-order valence-electron chi connectivity index (χ1n) is 10.6. The highest BCUT2D eigenvalue weighted by Gasteiger charge is 2.31. The van der Waals surface area contributed by atoms with Crippen LogP contribution in [-0.2, 0) is 24.0 Å². The highest BCUT2D eigenvalue weighted by atomic mass is 32.2. The molecule has 0 radical (unpaired) electrons. The number of benzene rings is 2. The molecule has 6 nitrogen and oxygen atoms in total. The lowest BCUT2D eigenvalue weighted by Crippen LogP contribution is -2.38. The lowest BCUT2D eigenvalue weighted by Gasteiger charge is -2.19. The second kappa shape index (κ2) is 10.1. The minimum Gasteiger partial charge on any atom is -0.487 e. The molecule has 1 saturated heterocycles. The van der Waals surface area contributed by atoms with Crippen molar-refractivity contribution in [2.45, 2.75) is 32.2 Å². The van der Waals surface area contributed by atoms with E-state index in [1.165, 1.54) is 12.1 Å². The van der Waals surface area contributed by atoms with Crippen LogP contribution in [0.25, 0.3) is 11.5 Å². The van der Waals surface area contributed by atoms with Crippen LogP contribution in [0.3, 0.4) is 0 Å². The molecule has 1 aliphatic rings. The van der Waals surface area contributed by atoms with Gasteiger partial charge in [0.25, 0.3) is 0 Å². The molecule has 180 valence electrons. The van der Waals surface area contributed by atoms with Gasteiger partial charge in [0.05, 0.1) is 5.56 Å². The van der Waals surface area contributed by atoms with Crippen LogP contribution >= 0.6 is 11.8 Å². The van der Waals surface area contributed by atoms with Crippen molar-refractivity contribution in [3.8, 4) is 17.2 Å². The van der Waals surface area contributed by atoms with E-state index in [0.29, 0.717) is 35.1 Å². The van der Waals surface area contributed by atoms with Gasteiger partial charge in [0.2, 0.25) is 5.89 Å². The number of alkyl halides is 3. The number of hydrogen-bond acceptors (Lipinski definition) is 6. The maximum Gasteiger partial charge on any atom is 0.416 e. The quantitative estimate of drug-likeness (QED) is 0.460. The summed E-state index contributed by atoms with van der Waals surface area (Å²) in [6.45, 7) is 2.55. The van der Waals surface area contributed by atoms with Crippen molar-refractivity contribution in [2.24, 2.45) is 0 Å². The van der Waals surface area contributed by atoms with Crippen molar-refractivity contribution in [3.63, 3.8) is 0 Å². The van der Waals surface area contributed by atoms with E-state index in [-0.39, 0.29) is 12.5 Å². The number of ether oxygens (including phenoxy) is 1. The third-order valence-electron chi connectivity index (χ3n) is 5.60. The number of hydrogen-bond donors (Lipinski definition) is 1. The molecule has 1 aliphatic heterocycles. The van der Waals surface area contributed by atoms with E-state index in [1.54, 1.807) is 18.7 Å². The van der Waals surface area contributed by atoms with Crippen molar-refractivity contribution >= 4 is 17.7 Å². The number of carboxylic acids is 1. The van der Waals surface area contributed by atoms with Crippen LogP contribution in [0.5, 0.6) is 5.75 Å². The maximum absolute atomic E-state index is 12.8. The number of aromatic nitrogens is 1. The SMILES string of the molecule is Cc1oc(-c2ccc(C(F)(F)F)cc2)nc1COc1ccc(CCN2CSCC2C(=O)O)cc1. The van der Waals surface area contributed by atoms with E-state index in [1.807, 2.05) is 29.2 Å². The molecule has 34 heavy (non-hydrogen) atoms. The van der Waals surface area contributed by atoms with Gasteiger partial charge in [-0.2, -0.15) is 13.2 Å². The third kappa shape index (κ3) is 5.74. The van der Waals surface area contributed by atoms with E-state index in [0.717, 1.165) is 30.0 Å². The molecule has 1 aromatic heterocycles. The second-order valence-corrected chi connectivity index (χ2v) is 8.95. The fourth-order valence-electron chi connectivity index (χ4n) is 3.59. The fourth-order valence-corrected chi connectivity index (χ4v) is 4.81. The van der Waals surface area contributed by atoms with Crippen molar-refractivity contribution in [2.75, 3.05) is 18.2 Å². The van der Waals surface area contributed by atoms with Gasteiger partial charge in [0.15, 0.2) is 0 Å². The van der Waals surface area contributed by atoms with Crippen molar-refractivity contribution < 1.29 is 32.2 Å². The lowest BCUT2D eigenvalue weighted by molar-refractivity contribution is -0.141. The van der Waals surface area contributed by atoms with Gasteiger partial charge in [-0.3, -0.25) is 9.69 Å². The van der Waals surface area contributed by atoms with Crippen LogP contribution in [-0.4, -0.2) is 45.2 Å². The molecule has 1 unspecified atom stereocenters. The molecule has 0 saturated carbocycles. The number of halogens is 3. The summed E-state index contributed by atoms with van der Waals surface area (Å²) in [5.74, 6) is 1.97. The number of carboxylic acid groups (broad SMARTS) is 1. The van der Waals surface area contributed by atoms with Crippen LogP contribution in [0, 0.1) is 6.92 Å². The molecule has 1 fully saturated rings. The largest absolute Gasteiger partial charge is 0.487 e. The molecule has 0 aliphatic carbocycles. The van der Waals surface area contributed by atoms with E-state index >= 15 is 0 Å². The predicted molar refractivity (Wildman–Crippen MR) is 122 cm³/mol. The number of carbonyl (C=O) groups is 1. The average molecular weight is 493 g/mol. The Morgan fingerprint density at radius 2 is 1.91 bits per heavy atom. The number of aryl methyl sites for hydroxylation is 1. The molecular weight excluding hydrogens is 469 g/mol. The molecule has 0 amide bonds. The van der Waals surface area contributed by atoms with Crippen LogP contribution in [0.15, 0.2) is 52.9 Å². The molecule has 2 heterocycles. The zero-order valence-electron chi connectivity index (χ0n) is 18.3. The van der Waals surface area contributed by atoms with E-state index in [9.17, 15) is 23.1 Å². The Labute approximate surface area is 198 Å². The summed E-state index contributed by atoms with van der Waals surface area (Å²) in [6, 6.07) is 11.8. The van der Waals surface area contributed by atoms with Gasteiger partial charge in [-0.05, 0) is 55.3 Å². The first-order valence-corrected chi connectivity index (χ1v) is 11.8. The smallest absolute Gasteiger partial charge is 0.416 e. The summed E-state index contributed by atoms with van der Waals surface area (Å²) in [7, 11) is 0. The molecule has 1 N–H and O–H groups in total. The van der Waals surface area contributed by atoms with E-state index in [4.69, 9.17) is 9.15 Å². The molecule has 3 aromatic rings. The molecule has 10 heteroatoms. The van der Waals surface area contributed by atoms with Gasteiger partial charge >= 0.3 is 12.1 Å². The fraction of sp³-hybridized carbons (Fsp3) is 0.333. The van der Waals surface area contributed by atoms with Crippen LogP contribution in [0.2, 0.25) is 0 Å². The normalized spacial score (nSPS) is 16.6. The highest BCUT2D eigenvalue weighted by molar-refractivity contribution is 7.99. The molecule has 4 rings (SSSR count). The monoisotopic (exact) mass is 492 g/mol. The van der Waals surface area contributed by atoms with Gasteiger partial charge in [-0.1, -0.05) is 12.1 Å². The molecule has 1 atom stereocenters. The maximum atomic E-state index is 12.8. The number of rotatable bonds is 8. The van der Waals surface area contributed by atoms with Crippen LogP contribution < -0.4 is 4.74 Å². The Hall–Kier alpha value is -2.98. The number of thioether (sulfide) groups is 1. The van der Waals surface area contributed by atoms with Gasteiger partial charge < -0.3 is 14.3 Å². The van der Waals surface area contributed by atoms with Crippen molar-refractivity contribution in [1.82, 2.24) is 9.88 Å². The van der Waals surface area contributed by atoms with Gasteiger partial charge in [-0.15, -0.1) is 11.8 Å². The zero-order chi connectivity index (χ0) is 24.3. The Morgan fingerprint density at radius 3 is 2.56 bits per heavy atom. The first-order chi connectivity index (χ1) is 16.2. The highest BCUT2D eigenvalue weighted by Crippen LogP contribution is 2.31. The first kappa shape index (κ1) is 24.2. The van der Waals surface area contributed by atoms with E-state index < -0.39 is 23.8 Å². The molecule has 0 spiro atoms. The van der Waals surface area contributed by atoms with Crippen molar-refractivity contribution in [3.05, 3.63) is 71.1 Å². The predicted octanol–water partition coefficient (Wildman–Crippen LogP) is 5.25.